The summed E-state index contributed by atoms with van der Waals surface area (Å²) in [6.07, 6.45) is 4.76. The van der Waals surface area contributed by atoms with Crippen LogP contribution >= 0.6 is 0 Å². The van der Waals surface area contributed by atoms with E-state index in [9.17, 15) is 14.7 Å². The van der Waals surface area contributed by atoms with E-state index >= 15 is 0 Å². The Labute approximate surface area is 94.6 Å². The van der Waals surface area contributed by atoms with Gasteiger partial charge in [-0.1, -0.05) is 12.8 Å². The van der Waals surface area contributed by atoms with Crippen LogP contribution in [0.4, 0.5) is 0 Å². The van der Waals surface area contributed by atoms with Crippen molar-refractivity contribution in [2.45, 2.75) is 50.1 Å². The highest BCUT2D eigenvalue weighted by molar-refractivity contribution is 5.85. The number of hydrogen-bond acceptors (Lipinski definition) is 3. The fourth-order valence-electron chi connectivity index (χ4n) is 2.64. The molecule has 1 amide bonds. The largest absolute Gasteiger partial charge is 0.480 e. The van der Waals surface area contributed by atoms with Gasteiger partial charge >= 0.3 is 5.97 Å². The highest BCUT2D eigenvalue weighted by Crippen LogP contribution is 2.31. The minimum absolute atomic E-state index is 0.0567. The lowest BCUT2D eigenvalue weighted by atomic mass is 9.94. The Balaban J connectivity index is 2.05. The molecule has 0 aromatic heterocycles. The van der Waals surface area contributed by atoms with Crippen LogP contribution in [0.2, 0.25) is 0 Å². The topological polar surface area (TPSA) is 78.4 Å². The van der Waals surface area contributed by atoms with Crippen molar-refractivity contribution in [1.29, 1.82) is 0 Å². The zero-order valence-electron chi connectivity index (χ0n) is 9.29. The van der Waals surface area contributed by atoms with E-state index in [2.05, 4.69) is 10.6 Å². The van der Waals surface area contributed by atoms with Gasteiger partial charge in [-0.2, -0.15) is 0 Å². The molecule has 2 rings (SSSR count). The summed E-state index contributed by atoms with van der Waals surface area (Å²) < 4.78 is 0. The Bertz CT molecular complexity index is 298. The van der Waals surface area contributed by atoms with Gasteiger partial charge in [0.25, 0.3) is 0 Å². The molecule has 16 heavy (non-hydrogen) atoms. The number of carboxylic acid groups (broad SMARTS) is 1. The molecule has 0 spiro atoms. The Morgan fingerprint density at radius 1 is 1.38 bits per heavy atom. The zero-order valence-corrected chi connectivity index (χ0v) is 9.29. The van der Waals surface area contributed by atoms with E-state index in [1.165, 1.54) is 0 Å². The molecule has 5 heteroatoms. The standard InChI is InChI=1S/C11H18N2O3/c14-9-8(4-3-7-12-9)13-11(10(15)16)5-1-2-6-11/h8,13H,1-7H2,(H,12,14)(H,15,16). The minimum atomic E-state index is -0.862. The van der Waals surface area contributed by atoms with Crippen LogP contribution in [0, 0.1) is 0 Å². The smallest absolute Gasteiger partial charge is 0.323 e. The van der Waals surface area contributed by atoms with Crippen molar-refractivity contribution in [1.82, 2.24) is 10.6 Å². The van der Waals surface area contributed by atoms with Gasteiger partial charge in [0.05, 0.1) is 6.04 Å². The summed E-state index contributed by atoms with van der Waals surface area (Å²) in [5, 5.41) is 15.1. The molecule has 1 aliphatic heterocycles. The third kappa shape index (κ3) is 2.04. The van der Waals surface area contributed by atoms with Crippen molar-refractivity contribution in [2.24, 2.45) is 0 Å². The molecule has 0 aromatic rings. The van der Waals surface area contributed by atoms with Crippen LogP contribution in [0.25, 0.3) is 0 Å². The van der Waals surface area contributed by atoms with Crippen LogP contribution in [0.5, 0.6) is 0 Å². The molecule has 1 unspecified atom stereocenters. The number of rotatable bonds is 3. The van der Waals surface area contributed by atoms with Crippen molar-refractivity contribution in [2.75, 3.05) is 6.54 Å². The van der Waals surface area contributed by atoms with Crippen LogP contribution in [0.1, 0.15) is 38.5 Å². The molecule has 3 N–H and O–H groups in total. The summed E-state index contributed by atoms with van der Waals surface area (Å²) in [7, 11) is 0. The number of aliphatic carboxylic acids is 1. The molecule has 1 saturated heterocycles. The third-order valence-corrected chi connectivity index (χ3v) is 3.60. The van der Waals surface area contributed by atoms with Gasteiger partial charge in [-0.25, -0.2) is 0 Å². The summed E-state index contributed by atoms with van der Waals surface area (Å²) in [5.41, 5.74) is -0.862. The monoisotopic (exact) mass is 226 g/mol. The van der Waals surface area contributed by atoms with E-state index < -0.39 is 11.5 Å². The normalized spacial score (nSPS) is 28.8. The molecule has 1 saturated carbocycles. The van der Waals surface area contributed by atoms with Crippen molar-refractivity contribution < 1.29 is 14.7 Å². The number of carbonyl (C=O) groups is 2. The molecule has 1 heterocycles. The lowest BCUT2D eigenvalue weighted by Crippen LogP contribution is -2.59. The first kappa shape index (κ1) is 11.4. The van der Waals surface area contributed by atoms with Crippen molar-refractivity contribution >= 4 is 11.9 Å². The molecule has 0 radical (unpaired) electrons. The average Bonchev–Trinajstić information content (AvgIpc) is 2.71. The molecular formula is C11H18N2O3. The van der Waals surface area contributed by atoms with Gasteiger partial charge in [0, 0.05) is 6.54 Å². The first-order valence-electron chi connectivity index (χ1n) is 5.93. The number of amides is 1. The van der Waals surface area contributed by atoms with Crippen LogP contribution in [0.15, 0.2) is 0 Å². The maximum atomic E-state index is 11.6. The average molecular weight is 226 g/mol. The number of hydrogen-bond donors (Lipinski definition) is 3. The number of carboxylic acids is 1. The molecule has 1 atom stereocenters. The van der Waals surface area contributed by atoms with Crippen LogP contribution < -0.4 is 10.6 Å². The fourth-order valence-corrected chi connectivity index (χ4v) is 2.64. The highest BCUT2D eigenvalue weighted by atomic mass is 16.4. The minimum Gasteiger partial charge on any atom is -0.480 e. The number of nitrogens with one attached hydrogen (secondary N) is 2. The van der Waals surface area contributed by atoms with Crippen molar-refractivity contribution in [3.05, 3.63) is 0 Å². The summed E-state index contributed by atoms with van der Waals surface area (Å²) in [5.74, 6) is -0.873. The van der Waals surface area contributed by atoms with E-state index in [1.807, 2.05) is 0 Å². The second-order valence-corrected chi connectivity index (χ2v) is 4.72. The molecule has 0 bridgehead atoms. The van der Waals surface area contributed by atoms with E-state index in [0.717, 1.165) is 25.7 Å². The van der Waals surface area contributed by atoms with E-state index in [4.69, 9.17) is 0 Å². The number of piperidine rings is 1. The summed E-state index contributed by atoms with van der Waals surface area (Å²) >= 11 is 0. The van der Waals surface area contributed by atoms with Gasteiger partial charge in [-0.05, 0) is 25.7 Å². The van der Waals surface area contributed by atoms with E-state index in [1.54, 1.807) is 0 Å². The predicted octanol–water partition coefficient (Wildman–Crippen LogP) is 0.252. The van der Waals surface area contributed by atoms with Gasteiger partial charge in [-0.3, -0.25) is 14.9 Å². The number of carbonyl (C=O) groups excluding carboxylic acids is 1. The molecule has 5 nitrogen and oxygen atoms in total. The van der Waals surface area contributed by atoms with Gasteiger partial charge in [0.15, 0.2) is 0 Å². The van der Waals surface area contributed by atoms with Crippen molar-refractivity contribution in [3.8, 4) is 0 Å². The van der Waals surface area contributed by atoms with Gasteiger partial charge < -0.3 is 10.4 Å². The van der Waals surface area contributed by atoms with Gasteiger partial charge in [0.1, 0.15) is 5.54 Å². The molecule has 2 aliphatic rings. The van der Waals surface area contributed by atoms with Crippen LogP contribution in [-0.2, 0) is 9.59 Å². The maximum absolute atomic E-state index is 11.6. The lowest BCUT2D eigenvalue weighted by Gasteiger charge is -2.32. The van der Waals surface area contributed by atoms with Crippen LogP contribution in [-0.4, -0.2) is 35.1 Å². The van der Waals surface area contributed by atoms with E-state index in [0.29, 0.717) is 19.4 Å². The molecule has 0 aromatic carbocycles. The summed E-state index contributed by atoms with van der Waals surface area (Å²) in [6, 6.07) is -0.331. The SMILES string of the molecule is O=C1NCCCC1NC1(C(=O)O)CCCC1. The second-order valence-electron chi connectivity index (χ2n) is 4.72. The maximum Gasteiger partial charge on any atom is 0.323 e. The highest BCUT2D eigenvalue weighted by Gasteiger charge is 2.44. The van der Waals surface area contributed by atoms with Gasteiger partial charge in [0.2, 0.25) is 5.91 Å². The molecule has 2 fully saturated rings. The predicted molar refractivity (Wildman–Crippen MR) is 58.0 cm³/mol. The Morgan fingerprint density at radius 3 is 2.62 bits per heavy atom. The third-order valence-electron chi connectivity index (χ3n) is 3.60. The first-order valence-corrected chi connectivity index (χ1v) is 5.93. The molecular weight excluding hydrogens is 208 g/mol. The second kappa shape index (κ2) is 4.41. The summed E-state index contributed by atoms with van der Waals surface area (Å²) in [6.45, 7) is 0.705. The lowest BCUT2D eigenvalue weighted by molar-refractivity contribution is -0.145. The Hall–Kier alpha value is -1.10. The van der Waals surface area contributed by atoms with E-state index in [-0.39, 0.29) is 11.9 Å². The van der Waals surface area contributed by atoms with Crippen molar-refractivity contribution in [3.63, 3.8) is 0 Å². The quantitative estimate of drug-likeness (QED) is 0.644. The van der Waals surface area contributed by atoms with Gasteiger partial charge in [-0.15, -0.1) is 0 Å². The Morgan fingerprint density at radius 2 is 2.06 bits per heavy atom. The fraction of sp³-hybridized carbons (Fsp3) is 0.818. The first-order chi connectivity index (χ1) is 7.64. The molecule has 90 valence electrons. The molecule has 1 aliphatic carbocycles. The Kier molecular flexibility index (Phi) is 3.14. The van der Waals surface area contributed by atoms with Crippen LogP contribution in [0.3, 0.4) is 0 Å². The summed E-state index contributed by atoms with van der Waals surface area (Å²) in [4.78, 5) is 22.9. The zero-order chi connectivity index (χ0) is 11.6.